The zero-order valence-corrected chi connectivity index (χ0v) is 13.6. The van der Waals surface area contributed by atoms with Crippen LogP contribution in [0.4, 0.5) is 0 Å². The minimum Gasteiger partial charge on any atom is -0.425 e. The zero-order chi connectivity index (χ0) is 16.7. The highest BCUT2D eigenvalue weighted by Gasteiger charge is 2.32. The van der Waals surface area contributed by atoms with E-state index in [2.05, 4.69) is 10.2 Å². The molecule has 0 radical (unpaired) electrons. The molecule has 1 saturated carbocycles. The van der Waals surface area contributed by atoms with Crippen molar-refractivity contribution in [3.05, 3.63) is 46.0 Å². The number of carbonyl (C=O) groups is 1. The van der Waals surface area contributed by atoms with Crippen LogP contribution >= 0.6 is 0 Å². The minimum atomic E-state index is -0.254. The summed E-state index contributed by atoms with van der Waals surface area (Å²) in [7, 11) is 1.65. The van der Waals surface area contributed by atoms with E-state index >= 15 is 0 Å². The minimum absolute atomic E-state index is 0.196. The molecule has 0 N–H and O–H groups in total. The van der Waals surface area contributed by atoms with Gasteiger partial charge in [-0.05, 0) is 37.8 Å². The lowest BCUT2D eigenvalue weighted by atomic mass is 9.96. The van der Waals surface area contributed by atoms with Crippen LogP contribution in [0.5, 0.6) is 0 Å². The molecule has 0 spiro atoms. The number of nitrogens with zero attached hydrogens (tertiary/aromatic N) is 4. The zero-order valence-electron chi connectivity index (χ0n) is 13.6. The van der Waals surface area contributed by atoms with Gasteiger partial charge in [0.1, 0.15) is 5.56 Å². The number of amides is 1. The monoisotopic (exact) mass is 328 g/mol. The van der Waals surface area contributed by atoms with Crippen molar-refractivity contribution in [1.82, 2.24) is 19.7 Å². The average Bonchev–Trinajstić information content (AvgIpc) is 3.34. The van der Waals surface area contributed by atoms with Crippen molar-refractivity contribution in [2.24, 2.45) is 7.05 Å². The van der Waals surface area contributed by atoms with E-state index in [1.54, 1.807) is 30.3 Å². The maximum Gasteiger partial charge on any atom is 0.263 e. The van der Waals surface area contributed by atoms with E-state index in [9.17, 15) is 9.59 Å². The van der Waals surface area contributed by atoms with Crippen molar-refractivity contribution >= 4 is 5.91 Å². The number of likely N-dealkylation sites (tertiary alicyclic amines) is 1. The van der Waals surface area contributed by atoms with Crippen LogP contribution in [0.2, 0.25) is 0 Å². The second-order valence-corrected chi connectivity index (χ2v) is 6.66. The second-order valence-electron chi connectivity index (χ2n) is 6.66. The third-order valence-electron chi connectivity index (χ3n) is 4.87. The molecule has 0 aromatic carbocycles. The molecular weight excluding hydrogens is 308 g/mol. The fraction of sp³-hybridized carbons (Fsp3) is 0.529. The summed E-state index contributed by atoms with van der Waals surface area (Å²) in [6.45, 7) is 1.20. The van der Waals surface area contributed by atoms with E-state index in [1.165, 1.54) is 4.57 Å². The quantitative estimate of drug-likeness (QED) is 0.856. The number of hydrogen-bond acceptors (Lipinski definition) is 5. The topological polar surface area (TPSA) is 81.2 Å². The van der Waals surface area contributed by atoms with E-state index < -0.39 is 0 Å². The van der Waals surface area contributed by atoms with Gasteiger partial charge in [-0.15, -0.1) is 10.2 Å². The Bertz CT molecular complexity index is 813. The van der Waals surface area contributed by atoms with Crippen LogP contribution in [0.25, 0.3) is 0 Å². The summed E-state index contributed by atoms with van der Waals surface area (Å²) in [6.07, 6.45) is 5.50. The number of hydrogen-bond donors (Lipinski definition) is 0. The largest absolute Gasteiger partial charge is 0.425 e. The summed E-state index contributed by atoms with van der Waals surface area (Å²) in [5, 5.41) is 8.32. The normalized spacial score (nSPS) is 18.8. The molecule has 2 fully saturated rings. The van der Waals surface area contributed by atoms with Crippen molar-refractivity contribution in [2.45, 2.75) is 37.5 Å². The van der Waals surface area contributed by atoms with Gasteiger partial charge in [-0.1, -0.05) is 0 Å². The number of aromatic nitrogens is 3. The Balaban J connectivity index is 1.42. The molecule has 1 amide bonds. The molecule has 3 heterocycles. The van der Waals surface area contributed by atoms with E-state index in [0.717, 1.165) is 31.6 Å². The molecular formula is C17H20N4O3. The lowest BCUT2D eigenvalue weighted by molar-refractivity contribution is 0.0703. The molecule has 1 aliphatic heterocycles. The summed E-state index contributed by atoms with van der Waals surface area (Å²) in [5.74, 6) is 1.92. The van der Waals surface area contributed by atoms with E-state index in [-0.39, 0.29) is 22.9 Å². The van der Waals surface area contributed by atoms with Gasteiger partial charge in [0.25, 0.3) is 11.5 Å². The van der Waals surface area contributed by atoms with Gasteiger partial charge in [-0.25, -0.2) is 0 Å². The highest BCUT2D eigenvalue weighted by Crippen LogP contribution is 2.40. The van der Waals surface area contributed by atoms with Gasteiger partial charge in [0.15, 0.2) is 0 Å². The lowest BCUT2D eigenvalue weighted by Gasteiger charge is -2.30. The van der Waals surface area contributed by atoms with E-state index in [0.29, 0.717) is 24.9 Å². The predicted octanol–water partition coefficient (Wildman–Crippen LogP) is 1.67. The Morgan fingerprint density at radius 2 is 1.75 bits per heavy atom. The van der Waals surface area contributed by atoms with Crippen LogP contribution in [0.1, 0.15) is 59.7 Å². The number of carbonyl (C=O) groups excluding carboxylic acids is 1. The smallest absolute Gasteiger partial charge is 0.263 e. The average molecular weight is 328 g/mol. The fourth-order valence-corrected chi connectivity index (χ4v) is 3.17. The van der Waals surface area contributed by atoms with Gasteiger partial charge < -0.3 is 13.9 Å². The van der Waals surface area contributed by atoms with Crippen LogP contribution < -0.4 is 5.56 Å². The molecule has 1 aliphatic carbocycles. The maximum absolute atomic E-state index is 12.6. The molecule has 0 unspecified atom stereocenters. The van der Waals surface area contributed by atoms with Gasteiger partial charge in [0.05, 0.1) is 0 Å². The van der Waals surface area contributed by atoms with Gasteiger partial charge in [-0.2, -0.15) is 0 Å². The number of rotatable bonds is 3. The first-order chi connectivity index (χ1) is 11.6. The van der Waals surface area contributed by atoms with Gasteiger partial charge in [0, 0.05) is 38.2 Å². The number of pyridine rings is 1. The number of piperidine rings is 1. The molecule has 7 heteroatoms. The highest BCUT2D eigenvalue weighted by molar-refractivity contribution is 5.93. The summed E-state index contributed by atoms with van der Waals surface area (Å²) >= 11 is 0. The third-order valence-corrected chi connectivity index (χ3v) is 4.87. The van der Waals surface area contributed by atoms with Crippen LogP contribution in [-0.2, 0) is 7.05 Å². The summed E-state index contributed by atoms with van der Waals surface area (Å²) < 4.78 is 7.21. The maximum atomic E-state index is 12.6. The first kappa shape index (κ1) is 15.1. The highest BCUT2D eigenvalue weighted by atomic mass is 16.4. The fourth-order valence-electron chi connectivity index (χ4n) is 3.17. The summed E-state index contributed by atoms with van der Waals surface area (Å²) in [5.41, 5.74) is -0.0251. The molecule has 2 aromatic heterocycles. The molecule has 2 aromatic rings. The molecule has 4 rings (SSSR count). The molecule has 0 atom stereocenters. The molecule has 1 saturated heterocycles. The SMILES string of the molecule is Cn1cccc(C(=O)N2CCC(c3nnc(C4CC4)o3)CC2)c1=O. The van der Waals surface area contributed by atoms with Gasteiger partial charge in [0.2, 0.25) is 11.8 Å². The predicted molar refractivity (Wildman–Crippen MR) is 85.8 cm³/mol. The second kappa shape index (κ2) is 5.89. The molecule has 126 valence electrons. The van der Waals surface area contributed by atoms with Crippen LogP contribution in [0, 0.1) is 0 Å². The first-order valence-electron chi connectivity index (χ1n) is 8.41. The van der Waals surface area contributed by atoms with E-state index in [4.69, 9.17) is 4.42 Å². The molecule has 24 heavy (non-hydrogen) atoms. The van der Waals surface area contributed by atoms with Gasteiger partial charge in [-0.3, -0.25) is 9.59 Å². The summed E-state index contributed by atoms with van der Waals surface area (Å²) in [4.78, 5) is 26.4. The Hall–Kier alpha value is -2.44. The Kier molecular flexibility index (Phi) is 3.70. The van der Waals surface area contributed by atoms with Crippen molar-refractivity contribution in [3.8, 4) is 0 Å². The van der Waals surface area contributed by atoms with Crippen molar-refractivity contribution in [3.63, 3.8) is 0 Å². The van der Waals surface area contributed by atoms with Crippen LogP contribution in [0.15, 0.2) is 27.5 Å². The molecule has 7 nitrogen and oxygen atoms in total. The Morgan fingerprint density at radius 1 is 1.12 bits per heavy atom. The first-order valence-corrected chi connectivity index (χ1v) is 8.41. The van der Waals surface area contributed by atoms with E-state index in [1.807, 2.05) is 0 Å². The lowest BCUT2D eigenvalue weighted by Crippen LogP contribution is -2.40. The molecule has 2 aliphatic rings. The van der Waals surface area contributed by atoms with Crippen molar-refractivity contribution < 1.29 is 9.21 Å². The van der Waals surface area contributed by atoms with Gasteiger partial charge >= 0.3 is 0 Å². The summed E-state index contributed by atoms with van der Waals surface area (Å²) in [6, 6.07) is 3.32. The Labute approximate surface area is 139 Å². The molecule has 0 bridgehead atoms. The number of aryl methyl sites for hydroxylation is 1. The van der Waals surface area contributed by atoms with Crippen LogP contribution in [-0.4, -0.2) is 38.7 Å². The van der Waals surface area contributed by atoms with Crippen molar-refractivity contribution in [2.75, 3.05) is 13.1 Å². The van der Waals surface area contributed by atoms with Crippen LogP contribution in [0.3, 0.4) is 0 Å². The standard InChI is InChI=1S/C17H20N4O3/c1-20-8-2-3-13(16(20)22)17(23)21-9-6-12(7-10-21)15-19-18-14(24-15)11-4-5-11/h2-3,8,11-12H,4-7,9-10H2,1H3. The third kappa shape index (κ3) is 2.74. The van der Waals surface area contributed by atoms with Crippen molar-refractivity contribution in [1.29, 1.82) is 0 Å². The Morgan fingerprint density at radius 3 is 2.38 bits per heavy atom.